The lowest BCUT2D eigenvalue weighted by Gasteiger charge is -2.20. The number of fused-ring (bicyclic) bond motifs is 1. The zero-order chi connectivity index (χ0) is 18.7. The van der Waals surface area contributed by atoms with E-state index in [1.807, 2.05) is 32.2 Å². The van der Waals surface area contributed by atoms with Crippen molar-refractivity contribution < 1.29 is 14.5 Å². The van der Waals surface area contributed by atoms with Gasteiger partial charge in [0, 0.05) is 11.3 Å². The van der Waals surface area contributed by atoms with Gasteiger partial charge in [-0.3, -0.25) is 9.59 Å². The molecule has 26 heavy (non-hydrogen) atoms. The Kier molecular flexibility index (Phi) is 5.44. The Morgan fingerprint density at radius 1 is 1.15 bits per heavy atom. The second kappa shape index (κ2) is 7.76. The molecule has 134 valence electrons. The third-order valence-electron chi connectivity index (χ3n) is 4.46. The van der Waals surface area contributed by atoms with Gasteiger partial charge in [0.05, 0.1) is 17.3 Å². The molecule has 3 rings (SSSR count). The SMILES string of the molecule is CC(=O)c1ccc(NC(=O)[C@@H](C)[NH+](C)Cc2nc3ccccc3s2)cc1. The van der Waals surface area contributed by atoms with E-state index in [0.717, 1.165) is 20.1 Å². The molecule has 0 aliphatic carbocycles. The summed E-state index contributed by atoms with van der Waals surface area (Å²) in [6, 6.07) is 14.8. The first-order valence-corrected chi connectivity index (χ1v) is 9.34. The molecule has 0 fully saturated rings. The molecule has 0 spiro atoms. The van der Waals surface area contributed by atoms with Gasteiger partial charge in [0.15, 0.2) is 11.8 Å². The van der Waals surface area contributed by atoms with Crippen LogP contribution in [0.25, 0.3) is 10.2 Å². The molecular formula is C20H22N3O2S+. The van der Waals surface area contributed by atoms with Crippen LogP contribution in [0.15, 0.2) is 48.5 Å². The van der Waals surface area contributed by atoms with Gasteiger partial charge in [-0.1, -0.05) is 12.1 Å². The molecule has 5 nitrogen and oxygen atoms in total. The van der Waals surface area contributed by atoms with Crippen LogP contribution < -0.4 is 10.2 Å². The normalized spacial score (nSPS) is 13.3. The molecule has 1 heterocycles. The Morgan fingerprint density at radius 2 is 1.85 bits per heavy atom. The van der Waals surface area contributed by atoms with E-state index in [4.69, 9.17) is 0 Å². The van der Waals surface area contributed by atoms with E-state index in [0.29, 0.717) is 17.8 Å². The summed E-state index contributed by atoms with van der Waals surface area (Å²) in [5.41, 5.74) is 2.33. The standard InChI is InChI=1S/C20H21N3O2S/c1-13(20(25)21-16-10-8-15(9-11-16)14(2)24)23(3)12-19-22-17-6-4-5-7-18(17)26-19/h4-11,13H,12H2,1-3H3,(H,21,25)/p+1/t13-/m1/s1. The van der Waals surface area contributed by atoms with Crippen LogP contribution in [0.3, 0.4) is 0 Å². The van der Waals surface area contributed by atoms with E-state index >= 15 is 0 Å². The Labute approximate surface area is 156 Å². The summed E-state index contributed by atoms with van der Waals surface area (Å²) in [6.45, 7) is 4.12. The number of amides is 1. The van der Waals surface area contributed by atoms with Gasteiger partial charge in [-0.15, -0.1) is 11.3 Å². The van der Waals surface area contributed by atoms with Gasteiger partial charge in [-0.2, -0.15) is 0 Å². The van der Waals surface area contributed by atoms with Gasteiger partial charge in [-0.25, -0.2) is 4.98 Å². The number of ketones is 1. The van der Waals surface area contributed by atoms with Crippen LogP contribution in [-0.2, 0) is 11.3 Å². The van der Waals surface area contributed by atoms with Gasteiger partial charge in [0.2, 0.25) is 0 Å². The highest BCUT2D eigenvalue weighted by molar-refractivity contribution is 7.18. The maximum atomic E-state index is 12.5. The molecule has 2 N–H and O–H groups in total. The number of thiazole rings is 1. The number of benzene rings is 2. The molecular weight excluding hydrogens is 346 g/mol. The van der Waals surface area contributed by atoms with Crippen LogP contribution in [0, 0.1) is 0 Å². The molecule has 2 atom stereocenters. The summed E-state index contributed by atoms with van der Waals surface area (Å²) >= 11 is 1.67. The number of carbonyl (C=O) groups excluding carboxylic acids is 2. The largest absolute Gasteiger partial charge is 0.322 e. The number of rotatable bonds is 6. The summed E-state index contributed by atoms with van der Waals surface area (Å²) < 4.78 is 1.16. The lowest BCUT2D eigenvalue weighted by molar-refractivity contribution is -0.907. The van der Waals surface area contributed by atoms with E-state index in [-0.39, 0.29) is 17.7 Å². The van der Waals surface area contributed by atoms with Crippen molar-refractivity contribution in [3.8, 4) is 0 Å². The zero-order valence-corrected chi connectivity index (χ0v) is 15.9. The van der Waals surface area contributed by atoms with Crippen LogP contribution in [0.2, 0.25) is 0 Å². The van der Waals surface area contributed by atoms with E-state index < -0.39 is 0 Å². The van der Waals surface area contributed by atoms with Crippen molar-refractivity contribution >= 4 is 38.9 Å². The molecule has 0 saturated carbocycles. The Balaban J connectivity index is 1.62. The molecule has 0 aliphatic heterocycles. The smallest absolute Gasteiger partial charge is 0.282 e. The van der Waals surface area contributed by atoms with Crippen molar-refractivity contribution in [2.24, 2.45) is 0 Å². The summed E-state index contributed by atoms with van der Waals surface area (Å²) in [7, 11) is 2.00. The minimum absolute atomic E-state index is 0.0104. The van der Waals surface area contributed by atoms with Crippen molar-refractivity contribution in [3.63, 3.8) is 0 Å². The number of anilines is 1. The fourth-order valence-electron chi connectivity index (χ4n) is 2.65. The molecule has 0 bridgehead atoms. The fourth-order valence-corrected chi connectivity index (χ4v) is 3.71. The van der Waals surface area contributed by atoms with Crippen LogP contribution in [0.5, 0.6) is 0 Å². The van der Waals surface area contributed by atoms with Crippen molar-refractivity contribution in [3.05, 3.63) is 59.1 Å². The van der Waals surface area contributed by atoms with Crippen LogP contribution in [0.1, 0.15) is 29.2 Å². The van der Waals surface area contributed by atoms with Gasteiger partial charge < -0.3 is 10.2 Å². The topological polar surface area (TPSA) is 63.5 Å². The Morgan fingerprint density at radius 3 is 2.50 bits per heavy atom. The highest BCUT2D eigenvalue weighted by Gasteiger charge is 2.23. The quantitative estimate of drug-likeness (QED) is 0.657. The predicted octanol–water partition coefficient (Wildman–Crippen LogP) is 2.54. The summed E-state index contributed by atoms with van der Waals surface area (Å²) in [6.07, 6.45) is 0. The number of quaternary nitrogens is 1. The molecule has 6 heteroatoms. The van der Waals surface area contributed by atoms with Crippen molar-refractivity contribution in [2.75, 3.05) is 12.4 Å². The highest BCUT2D eigenvalue weighted by Crippen LogP contribution is 2.20. The van der Waals surface area contributed by atoms with Crippen LogP contribution in [0.4, 0.5) is 5.69 Å². The number of para-hydroxylation sites is 1. The van der Waals surface area contributed by atoms with Crippen LogP contribution in [-0.4, -0.2) is 29.8 Å². The number of hydrogen-bond acceptors (Lipinski definition) is 4. The van der Waals surface area contributed by atoms with Gasteiger partial charge in [0.25, 0.3) is 5.91 Å². The number of hydrogen-bond donors (Lipinski definition) is 2. The lowest BCUT2D eigenvalue weighted by Crippen LogP contribution is -3.12. The number of Topliss-reactive ketones (excluding diaryl/α,β-unsaturated/α-hetero) is 1. The monoisotopic (exact) mass is 368 g/mol. The molecule has 1 aromatic heterocycles. The molecule has 1 unspecified atom stereocenters. The number of likely N-dealkylation sites (N-methyl/N-ethyl adjacent to an activating group) is 1. The molecule has 0 radical (unpaired) electrons. The highest BCUT2D eigenvalue weighted by atomic mass is 32.1. The van der Waals surface area contributed by atoms with E-state index in [2.05, 4.69) is 16.4 Å². The minimum Gasteiger partial charge on any atom is -0.322 e. The van der Waals surface area contributed by atoms with Crippen molar-refractivity contribution in [1.29, 1.82) is 0 Å². The van der Waals surface area contributed by atoms with Gasteiger partial charge in [-0.05, 0) is 50.2 Å². The van der Waals surface area contributed by atoms with E-state index in [1.165, 1.54) is 6.92 Å². The second-order valence-corrected chi connectivity index (χ2v) is 7.56. The van der Waals surface area contributed by atoms with Gasteiger partial charge >= 0.3 is 0 Å². The van der Waals surface area contributed by atoms with Crippen molar-refractivity contribution in [1.82, 2.24) is 4.98 Å². The second-order valence-electron chi connectivity index (χ2n) is 6.44. The fraction of sp³-hybridized carbons (Fsp3) is 0.250. The molecule has 0 aliphatic rings. The molecule has 1 amide bonds. The zero-order valence-electron chi connectivity index (χ0n) is 15.1. The lowest BCUT2D eigenvalue weighted by atomic mass is 10.1. The number of carbonyl (C=O) groups is 2. The molecule has 3 aromatic rings. The summed E-state index contributed by atoms with van der Waals surface area (Å²) in [4.78, 5) is 29.5. The molecule has 0 saturated heterocycles. The first-order valence-electron chi connectivity index (χ1n) is 8.52. The molecule has 2 aromatic carbocycles. The van der Waals surface area contributed by atoms with Crippen molar-refractivity contribution in [2.45, 2.75) is 26.4 Å². The Bertz CT molecular complexity index is 901. The third kappa shape index (κ3) is 4.15. The van der Waals surface area contributed by atoms with Gasteiger partial charge in [0.1, 0.15) is 11.6 Å². The first kappa shape index (κ1) is 18.2. The predicted molar refractivity (Wildman–Crippen MR) is 105 cm³/mol. The minimum atomic E-state index is -0.227. The number of nitrogens with one attached hydrogen (secondary N) is 2. The number of nitrogens with zero attached hydrogens (tertiary/aromatic N) is 1. The average Bonchev–Trinajstić information content (AvgIpc) is 3.03. The summed E-state index contributed by atoms with van der Waals surface area (Å²) in [5.74, 6) is -0.0459. The van der Waals surface area contributed by atoms with E-state index in [9.17, 15) is 9.59 Å². The van der Waals surface area contributed by atoms with E-state index in [1.54, 1.807) is 35.6 Å². The summed E-state index contributed by atoms with van der Waals surface area (Å²) in [5, 5.41) is 3.94. The maximum absolute atomic E-state index is 12.5. The first-order chi connectivity index (χ1) is 12.4. The number of aromatic nitrogens is 1. The average molecular weight is 368 g/mol. The third-order valence-corrected chi connectivity index (χ3v) is 5.50. The Hall–Kier alpha value is -2.57. The maximum Gasteiger partial charge on any atom is 0.282 e. The van der Waals surface area contributed by atoms with Crippen LogP contribution >= 0.6 is 11.3 Å².